The maximum Gasteiger partial charge on any atom is 0.220 e. The molecule has 1 fully saturated rings. The average Bonchev–Trinajstić information content (AvgIpc) is 3.04. The lowest BCUT2D eigenvalue weighted by molar-refractivity contribution is -0.121. The van der Waals surface area contributed by atoms with Gasteiger partial charge >= 0.3 is 0 Å². The molecule has 1 amide bonds. The van der Waals surface area contributed by atoms with Crippen LogP contribution >= 0.6 is 11.3 Å². The van der Waals surface area contributed by atoms with Crippen molar-refractivity contribution in [2.45, 2.75) is 32.7 Å². The number of hydrogen-bond acceptors (Lipinski definition) is 5. The molecule has 1 atom stereocenters. The van der Waals surface area contributed by atoms with Crippen LogP contribution in [0, 0.1) is 5.92 Å². The molecule has 1 saturated heterocycles. The van der Waals surface area contributed by atoms with Crippen LogP contribution < -0.4 is 5.32 Å². The predicted molar refractivity (Wildman–Crippen MR) is 109 cm³/mol. The van der Waals surface area contributed by atoms with Crippen molar-refractivity contribution in [3.8, 4) is 0 Å². The van der Waals surface area contributed by atoms with Crippen molar-refractivity contribution in [2.24, 2.45) is 5.92 Å². The summed E-state index contributed by atoms with van der Waals surface area (Å²) in [5.41, 5.74) is 1.03. The fraction of sp³-hybridized carbons (Fsp3) is 0.600. The van der Waals surface area contributed by atoms with E-state index in [0.29, 0.717) is 24.8 Å². The molecule has 1 aromatic carbocycles. The Morgan fingerprint density at radius 3 is 2.65 bits per heavy atom. The molecule has 0 bridgehead atoms. The first-order valence-corrected chi connectivity index (χ1v) is 10.4. The van der Waals surface area contributed by atoms with Gasteiger partial charge in [-0.15, -0.1) is 11.3 Å². The molecule has 1 N–H and O–H groups in total. The number of rotatable bonds is 7. The van der Waals surface area contributed by atoms with Gasteiger partial charge in [0.25, 0.3) is 0 Å². The minimum Gasteiger partial charge on any atom is -0.355 e. The standard InChI is InChI=1S/C20H30N4OS/c1-15(2)17(24-12-10-23(3)11-13-24)14-21-19(25)8-9-20-22-16-6-4-5-7-18(16)26-20/h4-7,15,17H,8-14H2,1-3H3,(H,21,25). The van der Waals surface area contributed by atoms with Crippen LogP contribution in [-0.2, 0) is 11.2 Å². The summed E-state index contributed by atoms with van der Waals surface area (Å²) in [4.78, 5) is 21.8. The van der Waals surface area contributed by atoms with Gasteiger partial charge in [0.1, 0.15) is 0 Å². The summed E-state index contributed by atoms with van der Waals surface area (Å²) < 4.78 is 1.19. The van der Waals surface area contributed by atoms with Crippen molar-refractivity contribution >= 4 is 27.5 Å². The lowest BCUT2D eigenvalue weighted by atomic mass is 10.0. The second-order valence-electron chi connectivity index (χ2n) is 7.53. The number of nitrogens with one attached hydrogen (secondary N) is 1. The number of fused-ring (bicyclic) bond motifs is 1. The Morgan fingerprint density at radius 2 is 1.96 bits per heavy atom. The minimum absolute atomic E-state index is 0.129. The van der Waals surface area contributed by atoms with Gasteiger partial charge in [-0.05, 0) is 25.1 Å². The van der Waals surface area contributed by atoms with E-state index in [2.05, 4.69) is 47.1 Å². The third-order valence-corrected chi connectivity index (χ3v) is 6.29. The molecule has 1 aromatic heterocycles. The SMILES string of the molecule is CC(C)C(CNC(=O)CCc1nc2ccccc2s1)N1CCN(C)CC1. The molecular formula is C20H30N4OS. The topological polar surface area (TPSA) is 48.5 Å². The molecule has 2 heterocycles. The summed E-state index contributed by atoms with van der Waals surface area (Å²) in [5, 5.41) is 4.20. The first-order chi connectivity index (χ1) is 12.5. The van der Waals surface area contributed by atoms with E-state index in [-0.39, 0.29) is 5.91 Å². The number of thiazole rings is 1. The number of para-hydroxylation sites is 1. The zero-order chi connectivity index (χ0) is 18.5. The van der Waals surface area contributed by atoms with Crippen LogP contribution in [0.25, 0.3) is 10.2 Å². The van der Waals surface area contributed by atoms with Crippen LogP contribution in [0.1, 0.15) is 25.3 Å². The first kappa shape index (κ1) is 19.3. The number of likely N-dealkylation sites (N-methyl/N-ethyl adjacent to an activating group) is 1. The van der Waals surface area contributed by atoms with Crippen LogP contribution in [-0.4, -0.2) is 66.5 Å². The van der Waals surface area contributed by atoms with Gasteiger partial charge in [-0.2, -0.15) is 0 Å². The van der Waals surface area contributed by atoms with E-state index < -0.39 is 0 Å². The molecule has 26 heavy (non-hydrogen) atoms. The number of hydrogen-bond donors (Lipinski definition) is 1. The molecule has 142 valence electrons. The molecule has 1 unspecified atom stereocenters. The number of carbonyl (C=O) groups is 1. The molecule has 1 aliphatic rings. The van der Waals surface area contributed by atoms with E-state index in [9.17, 15) is 4.79 Å². The molecule has 1 aliphatic heterocycles. The average molecular weight is 375 g/mol. The molecular weight excluding hydrogens is 344 g/mol. The Balaban J connectivity index is 1.47. The van der Waals surface area contributed by atoms with E-state index in [1.807, 2.05) is 18.2 Å². The fourth-order valence-corrected chi connectivity index (χ4v) is 4.46. The Bertz CT molecular complexity index is 688. The summed E-state index contributed by atoms with van der Waals surface area (Å²) in [6.45, 7) is 9.61. The maximum atomic E-state index is 12.3. The van der Waals surface area contributed by atoms with E-state index in [1.54, 1.807) is 11.3 Å². The van der Waals surface area contributed by atoms with Crippen LogP contribution in [0.4, 0.5) is 0 Å². The van der Waals surface area contributed by atoms with Gasteiger partial charge in [0.05, 0.1) is 15.2 Å². The number of piperazine rings is 1. The van der Waals surface area contributed by atoms with Gasteiger partial charge in [-0.25, -0.2) is 4.98 Å². The minimum atomic E-state index is 0.129. The van der Waals surface area contributed by atoms with Gasteiger partial charge < -0.3 is 10.2 Å². The first-order valence-electron chi connectivity index (χ1n) is 9.56. The van der Waals surface area contributed by atoms with Crippen LogP contribution in [0.5, 0.6) is 0 Å². The number of benzene rings is 1. The van der Waals surface area contributed by atoms with Crippen molar-refractivity contribution < 1.29 is 4.79 Å². The third kappa shape index (κ3) is 5.02. The van der Waals surface area contributed by atoms with E-state index in [0.717, 1.165) is 43.2 Å². The van der Waals surface area contributed by atoms with Gasteiger partial charge in [0.15, 0.2) is 0 Å². The highest BCUT2D eigenvalue weighted by molar-refractivity contribution is 7.18. The molecule has 0 aliphatic carbocycles. The molecule has 3 rings (SSSR count). The largest absolute Gasteiger partial charge is 0.355 e. The summed E-state index contributed by atoms with van der Waals surface area (Å²) >= 11 is 1.69. The lowest BCUT2D eigenvalue weighted by Gasteiger charge is -2.39. The second-order valence-corrected chi connectivity index (χ2v) is 8.65. The molecule has 0 radical (unpaired) electrons. The maximum absolute atomic E-state index is 12.3. The zero-order valence-corrected chi connectivity index (χ0v) is 16.9. The quantitative estimate of drug-likeness (QED) is 0.809. The van der Waals surface area contributed by atoms with Crippen LogP contribution in [0.15, 0.2) is 24.3 Å². The molecule has 0 saturated carbocycles. The van der Waals surface area contributed by atoms with Gasteiger partial charge in [0, 0.05) is 51.6 Å². The van der Waals surface area contributed by atoms with Crippen molar-refractivity contribution in [1.29, 1.82) is 0 Å². The number of nitrogens with zero attached hydrogens (tertiary/aromatic N) is 3. The zero-order valence-electron chi connectivity index (χ0n) is 16.1. The highest BCUT2D eigenvalue weighted by atomic mass is 32.1. The number of aryl methyl sites for hydroxylation is 1. The molecule has 2 aromatic rings. The number of carbonyl (C=O) groups excluding carboxylic acids is 1. The van der Waals surface area contributed by atoms with Crippen LogP contribution in [0.3, 0.4) is 0 Å². The molecule has 0 spiro atoms. The van der Waals surface area contributed by atoms with Gasteiger partial charge in [-0.3, -0.25) is 9.69 Å². The van der Waals surface area contributed by atoms with E-state index in [4.69, 9.17) is 0 Å². The highest BCUT2D eigenvalue weighted by Gasteiger charge is 2.25. The van der Waals surface area contributed by atoms with Crippen molar-refractivity contribution in [1.82, 2.24) is 20.1 Å². The fourth-order valence-electron chi connectivity index (χ4n) is 3.49. The van der Waals surface area contributed by atoms with Gasteiger partial charge in [-0.1, -0.05) is 26.0 Å². The van der Waals surface area contributed by atoms with Gasteiger partial charge in [0.2, 0.25) is 5.91 Å². The number of amides is 1. The smallest absolute Gasteiger partial charge is 0.220 e. The summed E-state index contributed by atoms with van der Waals surface area (Å²) in [5.74, 6) is 0.659. The van der Waals surface area contributed by atoms with Crippen molar-refractivity contribution in [3.63, 3.8) is 0 Å². The Labute approximate surface area is 160 Å². The lowest BCUT2D eigenvalue weighted by Crippen LogP contribution is -2.54. The van der Waals surface area contributed by atoms with Crippen molar-refractivity contribution in [2.75, 3.05) is 39.8 Å². The predicted octanol–water partition coefficient (Wildman–Crippen LogP) is 2.62. The van der Waals surface area contributed by atoms with E-state index in [1.165, 1.54) is 4.70 Å². The highest BCUT2D eigenvalue weighted by Crippen LogP contribution is 2.22. The monoisotopic (exact) mass is 374 g/mol. The summed E-state index contributed by atoms with van der Waals surface area (Å²) in [6, 6.07) is 8.55. The second kappa shape index (κ2) is 8.93. The van der Waals surface area contributed by atoms with E-state index >= 15 is 0 Å². The third-order valence-electron chi connectivity index (χ3n) is 5.19. The van der Waals surface area contributed by atoms with Crippen molar-refractivity contribution in [3.05, 3.63) is 29.3 Å². The van der Waals surface area contributed by atoms with Crippen LogP contribution in [0.2, 0.25) is 0 Å². The Hall–Kier alpha value is -1.50. The molecule has 6 heteroatoms. The Kier molecular flexibility index (Phi) is 6.62. The summed E-state index contributed by atoms with van der Waals surface area (Å²) in [6.07, 6.45) is 1.22. The summed E-state index contributed by atoms with van der Waals surface area (Å²) in [7, 11) is 2.17. The molecule has 5 nitrogen and oxygen atoms in total. The Morgan fingerprint density at radius 1 is 1.23 bits per heavy atom. The number of aromatic nitrogens is 1. The normalized spacial score (nSPS) is 17.7.